The number of carboxylic acid groups (broad SMARTS) is 1. The molecular weight excluding hydrogens is 1070 g/mol. The lowest BCUT2D eigenvalue weighted by atomic mass is 10.0. The smallest absolute Gasteiger partial charge is 0.326 e. The number of thioether (sulfide) groups is 1. The van der Waals surface area contributed by atoms with Crippen LogP contribution in [0.25, 0.3) is 0 Å². The quantitative estimate of drug-likeness (QED) is 0.0280. The Labute approximate surface area is 467 Å². The lowest BCUT2D eigenvalue weighted by molar-refractivity contribution is -0.142. The number of rotatable bonds is 38. The molecule has 2 aromatic rings. The second kappa shape index (κ2) is 36.0. The number of hydrogen-bond donors (Lipinski definition) is 17. The lowest BCUT2D eigenvalue weighted by Gasteiger charge is -2.27. The molecule has 30 heteroatoms. The molecule has 80 heavy (non-hydrogen) atoms. The van der Waals surface area contributed by atoms with Gasteiger partial charge in [-0.2, -0.15) is 11.8 Å². The van der Waals surface area contributed by atoms with Crippen LogP contribution in [-0.4, -0.2) is 188 Å². The third-order valence-corrected chi connectivity index (χ3v) is 12.8. The van der Waals surface area contributed by atoms with Gasteiger partial charge >= 0.3 is 5.97 Å². The molecule has 9 atom stereocenters. The largest absolute Gasteiger partial charge is 0.508 e. The van der Waals surface area contributed by atoms with Gasteiger partial charge in [-0.25, -0.2) is 9.78 Å². The number of carboxylic acids is 1. The molecule has 0 fully saturated rings. The fraction of sp³-hybridized carbons (Fsp3) is 0.600. The number of nitrogens with one attached hydrogen (secondary N) is 10. The highest BCUT2D eigenvalue weighted by atomic mass is 32.2. The van der Waals surface area contributed by atoms with Crippen molar-refractivity contribution in [2.24, 2.45) is 29.0 Å². The van der Waals surface area contributed by atoms with Crippen LogP contribution in [-0.2, 0) is 65.6 Å². The minimum absolute atomic E-state index is 0.0603. The lowest BCUT2D eigenvalue weighted by Crippen LogP contribution is -2.61. The molecule has 0 aliphatic carbocycles. The Hall–Kier alpha value is -7.41. The van der Waals surface area contributed by atoms with Crippen LogP contribution in [0.4, 0.5) is 0 Å². The molecule has 20 N–H and O–H groups in total. The van der Waals surface area contributed by atoms with Gasteiger partial charge in [-0.3, -0.25) is 47.9 Å². The standard InChI is InChI=1S/C50H80N14O15S/c1-26(2)18-34(60-42(70)31(52)8-6-7-16-51)45(73)58-32(13-14-39(53)68)43(71)62-37(23-65)47(75)63-38(24-66)48(76)64-41(27(3)4)49(77)55-22-40(69)57-35(19-28-9-11-30(67)12-10-28)46(74)59-33(15-17-80-5)44(72)61-36(50(78)79)20-29-21-54-25-56-29/h9-12,21,25-27,31-38,41,65-67H,6-8,13-20,22-24,51-52H2,1-5H3,(H2,53,68)(H,54,56)(H,55,77)(H,57,69)(H,58,73)(H,59,74)(H,60,70)(H,61,72)(H,62,71)(H,63,75)(H,64,76)(H,78,79)/t31-,32-,33-,34-,35-,36-,37-,38-,41-/m0/s1. The van der Waals surface area contributed by atoms with Crippen LogP contribution in [0.1, 0.15) is 83.9 Å². The van der Waals surface area contributed by atoms with E-state index in [1.165, 1.54) is 62.4 Å². The van der Waals surface area contributed by atoms with Gasteiger partial charge in [0.05, 0.1) is 32.1 Å². The van der Waals surface area contributed by atoms with E-state index < -0.39 is 152 Å². The van der Waals surface area contributed by atoms with E-state index in [2.05, 4.69) is 57.8 Å². The van der Waals surface area contributed by atoms with Crippen molar-refractivity contribution in [1.29, 1.82) is 0 Å². The number of amides is 10. The molecule has 0 aliphatic rings. The first-order valence-electron chi connectivity index (χ1n) is 26.0. The number of phenolic OH excluding ortho intramolecular Hbond substituents is 1. The molecule has 0 aliphatic heterocycles. The Kier molecular flexibility index (Phi) is 30.9. The number of carbonyl (C=O) groups is 11. The molecule has 446 valence electrons. The summed E-state index contributed by atoms with van der Waals surface area (Å²) in [4.78, 5) is 152. The highest BCUT2D eigenvalue weighted by Gasteiger charge is 2.35. The SMILES string of the molecule is CSCC[C@H](NC(=O)[C@H](Cc1ccc(O)cc1)NC(=O)CNC(=O)[C@@H](NC(=O)[C@H](CO)NC(=O)[C@H](CO)NC(=O)[C@H](CCC(N)=O)NC(=O)[C@H](CC(C)C)NC(=O)[C@@H](N)CCCCN)C(C)C)C(=O)N[C@@H](Cc1cnc[nH]1)C(=O)O. The average Bonchev–Trinajstić information content (AvgIpc) is 3.92. The van der Waals surface area contributed by atoms with Crippen molar-refractivity contribution in [3.63, 3.8) is 0 Å². The number of imidazole rings is 1. The van der Waals surface area contributed by atoms with E-state index in [1.54, 1.807) is 20.1 Å². The van der Waals surface area contributed by atoms with E-state index in [0.717, 1.165) is 0 Å². The topological polar surface area (TPSA) is 484 Å². The summed E-state index contributed by atoms with van der Waals surface area (Å²) in [5.74, 6) is -11.1. The van der Waals surface area contributed by atoms with Crippen LogP contribution in [0, 0.1) is 11.8 Å². The van der Waals surface area contributed by atoms with Crippen LogP contribution in [0.2, 0.25) is 0 Å². The normalized spacial score (nSPS) is 14.5. The van der Waals surface area contributed by atoms with Gasteiger partial charge in [0.25, 0.3) is 0 Å². The van der Waals surface area contributed by atoms with Crippen LogP contribution >= 0.6 is 11.8 Å². The van der Waals surface area contributed by atoms with Crippen molar-refractivity contribution in [3.05, 3.63) is 48.0 Å². The molecule has 1 aromatic carbocycles. The van der Waals surface area contributed by atoms with Crippen molar-refractivity contribution in [2.75, 3.05) is 38.3 Å². The van der Waals surface area contributed by atoms with Crippen molar-refractivity contribution < 1.29 is 73.2 Å². The fourth-order valence-electron chi connectivity index (χ4n) is 7.64. The number of primary amides is 1. The zero-order valence-electron chi connectivity index (χ0n) is 45.6. The number of aromatic hydroxyl groups is 1. The van der Waals surface area contributed by atoms with E-state index in [-0.39, 0.29) is 43.8 Å². The summed E-state index contributed by atoms with van der Waals surface area (Å²) in [6, 6.07) is -7.15. The Morgan fingerprint density at radius 2 is 1.16 bits per heavy atom. The van der Waals surface area contributed by atoms with E-state index in [9.17, 15) is 73.2 Å². The predicted octanol–water partition coefficient (Wildman–Crippen LogP) is -4.86. The van der Waals surface area contributed by atoms with Gasteiger partial charge in [-0.15, -0.1) is 0 Å². The fourth-order valence-corrected chi connectivity index (χ4v) is 8.11. The average molecular weight is 1150 g/mol. The molecule has 2 rings (SSSR count). The second-order valence-corrected chi connectivity index (χ2v) is 20.6. The molecule has 29 nitrogen and oxygen atoms in total. The van der Waals surface area contributed by atoms with Crippen LogP contribution in [0.15, 0.2) is 36.8 Å². The number of carbonyl (C=O) groups excluding carboxylic acids is 10. The molecule has 1 aromatic heterocycles. The van der Waals surface area contributed by atoms with Gasteiger partial charge in [0.15, 0.2) is 0 Å². The first-order chi connectivity index (χ1) is 37.8. The Bertz CT molecular complexity index is 2360. The van der Waals surface area contributed by atoms with Gasteiger partial charge in [-0.1, -0.05) is 46.2 Å². The number of unbranched alkanes of at least 4 members (excludes halogenated alkanes) is 1. The molecule has 0 bridgehead atoms. The first kappa shape index (κ1) is 68.7. The minimum Gasteiger partial charge on any atom is -0.508 e. The number of hydrogen-bond acceptors (Lipinski definition) is 18. The first-order valence-corrected chi connectivity index (χ1v) is 27.4. The minimum atomic E-state index is -1.82. The monoisotopic (exact) mass is 1150 g/mol. The summed E-state index contributed by atoms with van der Waals surface area (Å²) in [5.41, 5.74) is 17.8. The van der Waals surface area contributed by atoms with Crippen molar-refractivity contribution in [2.45, 2.75) is 140 Å². The summed E-state index contributed by atoms with van der Waals surface area (Å²) in [7, 11) is 0. The zero-order valence-corrected chi connectivity index (χ0v) is 46.4. The number of nitrogens with two attached hydrogens (primary N) is 3. The zero-order chi connectivity index (χ0) is 60.1. The van der Waals surface area contributed by atoms with Crippen LogP contribution in [0.5, 0.6) is 5.75 Å². The molecule has 0 unspecified atom stereocenters. The molecule has 0 radical (unpaired) electrons. The maximum Gasteiger partial charge on any atom is 0.326 e. The number of aromatic nitrogens is 2. The third-order valence-electron chi connectivity index (χ3n) is 12.1. The van der Waals surface area contributed by atoms with Gasteiger partial charge in [0.2, 0.25) is 59.1 Å². The van der Waals surface area contributed by atoms with Crippen LogP contribution < -0.4 is 65.1 Å². The van der Waals surface area contributed by atoms with E-state index >= 15 is 0 Å². The number of aliphatic hydroxyl groups is 2. The Morgan fingerprint density at radius 3 is 1.68 bits per heavy atom. The van der Waals surface area contributed by atoms with E-state index in [4.69, 9.17) is 17.2 Å². The van der Waals surface area contributed by atoms with Gasteiger partial charge < -0.3 is 90.5 Å². The maximum atomic E-state index is 13.9. The molecule has 1 heterocycles. The number of H-pyrrole nitrogens is 1. The third kappa shape index (κ3) is 25.1. The van der Waals surface area contributed by atoms with Gasteiger partial charge in [0, 0.05) is 31.2 Å². The molecular formula is C50H80N14O15S. The van der Waals surface area contributed by atoms with Crippen molar-refractivity contribution >= 4 is 76.8 Å². The summed E-state index contributed by atoms with van der Waals surface area (Å²) in [5, 5.41) is 61.8. The van der Waals surface area contributed by atoms with Gasteiger partial charge in [-0.05, 0) is 80.2 Å². The Balaban J connectivity index is 2.20. The van der Waals surface area contributed by atoms with E-state index in [0.29, 0.717) is 42.8 Å². The number of aromatic amines is 1. The molecule has 0 saturated carbocycles. The summed E-state index contributed by atoms with van der Waals surface area (Å²) in [6.45, 7) is 4.10. The number of aliphatic hydroxyl groups excluding tert-OH is 2. The number of nitrogens with zero attached hydrogens (tertiary/aromatic N) is 1. The van der Waals surface area contributed by atoms with Crippen molar-refractivity contribution in [1.82, 2.24) is 57.8 Å². The van der Waals surface area contributed by atoms with E-state index in [1.807, 2.05) is 0 Å². The Morgan fingerprint density at radius 1 is 0.637 bits per heavy atom. The number of aliphatic carboxylic acids is 1. The number of phenols is 1. The van der Waals surface area contributed by atoms with Crippen molar-refractivity contribution in [3.8, 4) is 5.75 Å². The van der Waals surface area contributed by atoms with Crippen LogP contribution in [0.3, 0.4) is 0 Å². The molecule has 10 amide bonds. The highest BCUT2D eigenvalue weighted by Crippen LogP contribution is 2.14. The molecule has 0 spiro atoms. The molecule has 0 saturated heterocycles. The second-order valence-electron chi connectivity index (χ2n) is 19.6. The predicted molar refractivity (Wildman–Crippen MR) is 291 cm³/mol. The summed E-state index contributed by atoms with van der Waals surface area (Å²) >= 11 is 1.35. The highest BCUT2D eigenvalue weighted by molar-refractivity contribution is 7.98. The summed E-state index contributed by atoms with van der Waals surface area (Å²) in [6.07, 6.45) is 5.02. The summed E-state index contributed by atoms with van der Waals surface area (Å²) < 4.78 is 0. The van der Waals surface area contributed by atoms with Gasteiger partial charge in [0.1, 0.15) is 54.1 Å². The number of benzene rings is 1. The maximum absolute atomic E-state index is 13.9.